The number of carbonyl (C=O) groups is 1. The van der Waals surface area contributed by atoms with Gasteiger partial charge in [-0.3, -0.25) is 4.79 Å². The third-order valence-corrected chi connectivity index (χ3v) is 4.71. The first-order valence-corrected chi connectivity index (χ1v) is 9.30. The van der Waals surface area contributed by atoms with Crippen LogP contribution >= 0.6 is 12.4 Å². The van der Waals surface area contributed by atoms with Gasteiger partial charge in [-0.05, 0) is 32.0 Å². The fourth-order valence-electron chi connectivity index (χ4n) is 3.20. The van der Waals surface area contributed by atoms with Crippen LogP contribution in [-0.4, -0.2) is 59.9 Å². The highest BCUT2D eigenvalue weighted by atomic mass is 35.5. The molecule has 6 nitrogen and oxygen atoms in total. The maximum absolute atomic E-state index is 13.6. The number of piperazine rings is 1. The normalized spacial score (nSPS) is 15.0. The molecule has 0 unspecified atom stereocenters. The molecule has 1 aromatic heterocycles. The lowest BCUT2D eigenvalue weighted by atomic mass is 10.2. The van der Waals surface area contributed by atoms with E-state index in [9.17, 15) is 18.0 Å². The van der Waals surface area contributed by atoms with Crippen molar-refractivity contribution in [2.45, 2.75) is 19.5 Å². The number of alkyl halides is 3. The summed E-state index contributed by atoms with van der Waals surface area (Å²) in [5.41, 5.74) is -0.339. The SMILES string of the molecule is Cc1ccc(-n2ncc(C(=O)NCCCN3CCNCC3)c2C(F)(F)F)cc1.Cl. The standard InChI is InChI=1S/C19H24F3N5O.ClH/c1-14-3-5-15(6-4-14)27-17(19(20,21)22)16(13-25-27)18(28)24-7-2-10-26-11-8-23-9-12-26;/h3-6,13,23H,2,7-12H2,1H3,(H,24,28);1H. The maximum atomic E-state index is 13.6. The summed E-state index contributed by atoms with van der Waals surface area (Å²) in [6, 6.07) is 6.50. The van der Waals surface area contributed by atoms with Crippen LogP contribution in [0.25, 0.3) is 5.69 Å². The van der Waals surface area contributed by atoms with Crippen LogP contribution in [0, 0.1) is 6.92 Å². The van der Waals surface area contributed by atoms with Crippen molar-refractivity contribution in [3.8, 4) is 5.69 Å². The van der Waals surface area contributed by atoms with Crippen molar-refractivity contribution in [3.63, 3.8) is 0 Å². The van der Waals surface area contributed by atoms with E-state index in [1.165, 1.54) is 0 Å². The molecule has 1 saturated heterocycles. The largest absolute Gasteiger partial charge is 0.434 e. The summed E-state index contributed by atoms with van der Waals surface area (Å²) in [5, 5.41) is 9.67. The van der Waals surface area contributed by atoms with Crippen LogP contribution in [0.2, 0.25) is 0 Å². The Kier molecular flexibility index (Phi) is 8.06. The zero-order valence-corrected chi connectivity index (χ0v) is 16.9. The van der Waals surface area contributed by atoms with Crippen LogP contribution in [-0.2, 0) is 6.18 Å². The van der Waals surface area contributed by atoms with E-state index in [4.69, 9.17) is 0 Å². The number of benzene rings is 1. The second-order valence-corrected chi connectivity index (χ2v) is 6.85. The van der Waals surface area contributed by atoms with Gasteiger partial charge in [-0.25, -0.2) is 4.68 Å². The topological polar surface area (TPSA) is 62.2 Å². The second kappa shape index (κ2) is 10.1. The number of halogens is 4. The van der Waals surface area contributed by atoms with Gasteiger partial charge in [0.2, 0.25) is 0 Å². The van der Waals surface area contributed by atoms with E-state index in [2.05, 4.69) is 20.6 Å². The highest BCUT2D eigenvalue weighted by molar-refractivity contribution is 5.95. The molecule has 2 heterocycles. The van der Waals surface area contributed by atoms with Crippen LogP contribution in [0.5, 0.6) is 0 Å². The molecule has 2 aromatic rings. The van der Waals surface area contributed by atoms with Crippen molar-refractivity contribution in [3.05, 3.63) is 47.3 Å². The number of hydrogen-bond acceptors (Lipinski definition) is 4. The first-order chi connectivity index (χ1) is 13.4. The lowest BCUT2D eigenvalue weighted by Crippen LogP contribution is -2.44. The quantitative estimate of drug-likeness (QED) is 0.690. The molecule has 1 amide bonds. The van der Waals surface area contributed by atoms with E-state index in [1.54, 1.807) is 24.3 Å². The van der Waals surface area contributed by atoms with Gasteiger partial charge >= 0.3 is 6.18 Å². The highest BCUT2D eigenvalue weighted by Crippen LogP contribution is 2.33. The molecule has 1 aliphatic rings. The zero-order chi connectivity index (χ0) is 20.1. The van der Waals surface area contributed by atoms with Crippen molar-refractivity contribution in [2.24, 2.45) is 0 Å². The Labute approximate surface area is 173 Å². The van der Waals surface area contributed by atoms with Gasteiger partial charge in [-0.15, -0.1) is 12.4 Å². The van der Waals surface area contributed by atoms with Crippen molar-refractivity contribution in [1.29, 1.82) is 0 Å². The fourth-order valence-corrected chi connectivity index (χ4v) is 3.20. The lowest BCUT2D eigenvalue weighted by molar-refractivity contribution is -0.143. The van der Waals surface area contributed by atoms with E-state index in [0.717, 1.165) is 49.2 Å². The first kappa shape index (κ1) is 23.2. The molecule has 0 aliphatic carbocycles. The number of aryl methyl sites for hydroxylation is 1. The van der Waals surface area contributed by atoms with Gasteiger partial charge < -0.3 is 15.5 Å². The second-order valence-electron chi connectivity index (χ2n) is 6.85. The van der Waals surface area contributed by atoms with Crippen molar-refractivity contribution < 1.29 is 18.0 Å². The van der Waals surface area contributed by atoms with E-state index < -0.39 is 23.3 Å². The molecule has 0 saturated carbocycles. The minimum atomic E-state index is -4.70. The molecule has 1 aliphatic heterocycles. The monoisotopic (exact) mass is 431 g/mol. The molecule has 0 spiro atoms. The number of aromatic nitrogens is 2. The summed E-state index contributed by atoms with van der Waals surface area (Å²) in [5.74, 6) is -0.758. The molecule has 3 rings (SSSR count). The number of hydrogen-bond donors (Lipinski definition) is 2. The van der Waals surface area contributed by atoms with E-state index in [1.807, 2.05) is 6.92 Å². The number of rotatable bonds is 6. The summed E-state index contributed by atoms with van der Waals surface area (Å²) in [7, 11) is 0. The molecule has 160 valence electrons. The Hall–Kier alpha value is -2.10. The Balaban J connectivity index is 0.00000300. The average Bonchev–Trinajstić information content (AvgIpc) is 3.12. The average molecular weight is 432 g/mol. The molecule has 10 heteroatoms. The van der Waals surface area contributed by atoms with Gasteiger partial charge in [0.15, 0.2) is 5.69 Å². The van der Waals surface area contributed by atoms with Gasteiger partial charge in [0.05, 0.1) is 17.4 Å². The molecule has 0 radical (unpaired) electrons. The molecule has 0 atom stereocenters. The van der Waals surface area contributed by atoms with Crippen LogP contribution in [0.3, 0.4) is 0 Å². The Morgan fingerprint density at radius 3 is 2.48 bits per heavy atom. The molecule has 29 heavy (non-hydrogen) atoms. The number of carbonyl (C=O) groups excluding carboxylic acids is 1. The Morgan fingerprint density at radius 1 is 1.21 bits per heavy atom. The van der Waals surface area contributed by atoms with Crippen molar-refractivity contribution in [2.75, 3.05) is 39.3 Å². The number of nitrogens with zero attached hydrogens (tertiary/aromatic N) is 3. The summed E-state index contributed by atoms with van der Waals surface area (Å²) in [6.45, 7) is 6.70. The van der Waals surface area contributed by atoms with Gasteiger partial charge in [-0.2, -0.15) is 18.3 Å². The van der Waals surface area contributed by atoms with Gasteiger partial charge in [-0.1, -0.05) is 17.7 Å². The number of amides is 1. The Morgan fingerprint density at radius 2 is 1.86 bits per heavy atom. The first-order valence-electron chi connectivity index (χ1n) is 9.30. The van der Waals surface area contributed by atoms with E-state index in [-0.39, 0.29) is 18.1 Å². The van der Waals surface area contributed by atoms with Crippen molar-refractivity contribution in [1.82, 2.24) is 25.3 Å². The molecular formula is C19H25ClF3N5O. The molecule has 2 N–H and O–H groups in total. The lowest BCUT2D eigenvalue weighted by Gasteiger charge is -2.27. The molecule has 1 aromatic carbocycles. The minimum absolute atomic E-state index is 0. The molecule has 0 bridgehead atoms. The summed E-state index contributed by atoms with van der Waals surface area (Å²) in [6.07, 6.45) is -3.04. The zero-order valence-electron chi connectivity index (χ0n) is 16.1. The van der Waals surface area contributed by atoms with Gasteiger partial charge in [0, 0.05) is 32.7 Å². The number of nitrogens with one attached hydrogen (secondary N) is 2. The van der Waals surface area contributed by atoms with E-state index in [0.29, 0.717) is 13.0 Å². The minimum Gasteiger partial charge on any atom is -0.352 e. The maximum Gasteiger partial charge on any atom is 0.434 e. The molecule has 1 fully saturated rings. The van der Waals surface area contributed by atoms with Crippen LogP contribution in [0.15, 0.2) is 30.5 Å². The van der Waals surface area contributed by atoms with Crippen LogP contribution in [0.1, 0.15) is 28.0 Å². The fraction of sp³-hybridized carbons (Fsp3) is 0.474. The van der Waals surface area contributed by atoms with Crippen LogP contribution < -0.4 is 10.6 Å². The predicted octanol–water partition coefficient (Wildman–Crippen LogP) is 2.65. The third kappa shape index (κ3) is 5.94. The van der Waals surface area contributed by atoms with Gasteiger partial charge in [0.25, 0.3) is 5.91 Å². The Bertz CT molecular complexity index is 801. The summed E-state index contributed by atoms with van der Waals surface area (Å²) < 4.78 is 41.7. The molecular weight excluding hydrogens is 407 g/mol. The van der Waals surface area contributed by atoms with E-state index >= 15 is 0 Å². The highest BCUT2D eigenvalue weighted by Gasteiger charge is 2.40. The van der Waals surface area contributed by atoms with Crippen molar-refractivity contribution >= 4 is 18.3 Å². The summed E-state index contributed by atoms with van der Waals surface area (Å²) in [4.78, 5) is 14.6. The summed E-state index contributed by atoms with van der Waals surface area (Å²) >= 11 is 0. The smallest absolute Gasteiger partial charge is 0.352 e. The van der Waals surface area contributed by atoms with Gasteiger partial charge in [0.1, 0.15) is 0 Å². The third-order valence-electron chi connectivity index (χ3n) is 4.71. The predicted molar refractivity (Wildman–Crippen MR) is 107 cm³/mol. The van der Waals surface area contributed by atoms with Crippen LogP contribution in [0.4, 0.5) is 13.2 Å².